The minimum Gasteiger partial charge on any atom is -0.496 e. The normalized spacial score (nSPS) is 12.0. The van der Waals surface area contributed by atoms with Crippen molar-refractivity contribution in [2.45, 2.75) is 6.04 Å². The fourth-order valence-corrected chi connectivity index (χ4v) is 2.19. The number of aromatic nitrogens is 1. The number of nitrogens with zero attached hydrogens (tertiary/aromatic N) is 1. The quantitative estimate of drug-likeness (QED) is 0.911. The summed E-state index contributed by atoms with van der Waals surface area (Å²) in [6.07, 6.45) is 1.65. The predicted octanol–water partition coefficient (Wildman–Crippen LogP) is 2.55. The lowest BCUT2D eigenvalue weighted by Gasteiger charge is -2.21. The zero-order valence-corrected chi connectivity index (χ0v) is 11.7. The summed E-state index contributed by atoms with van der Waals surface area (Å²) in [7, 11) is 4.82. The lowest BCUT2D eigenvalue weighted by Crippen LogP contribution is -2.21. The van der Waals surface area contributed by atoms with Crippen molar-refractivity contribution in [3.8, 4) is 11.5 Å². The van der Waals surface area contributed by atoms with E-state index in [0.717, 1.165) is 0 Å². The van der Waals surface area contributed by atoms with Crippen molar-refractivity contribution in [1.82, 2.24) is 10.3 Å². The standard InChI is InChI=1S/C15H17FN2O2/c1-17-15(14-12(20-3)8-5-9-18-14)13-10(16)6-4-7-11(13)19-2/h4-9,15,17H,1-3H3. The van der Waals surface area contributed by atoms with Gasteiger partial charge in [0.25, 0.3) is 0 Å². The number of hydrogen-bond acceptors (Lipinski definition) is 4. The van der Waals surface area contributed by atoms with Crippen LogP contribution < -0.4 is 14.8 Å². The van der Waals surface area contributed by atoms with Crippen LogP contribution in [0.3, 0.4) is 0 Å². The Kier molecular flexibility index (Phi) is 4.53. The van der Waals surface area contributed by atoms with E-state index in [-0.39, 0.29) is 5.82 Å². The molecule has 20 heavy (non-hydrogen) atoms. The minimum absolute atomic E-state index is 0.351. The topological polar surface area (TPSA) is 43.4 Å². The molecule has 0 spiro atoms. The van der Waals surface area contributed by atoms with Crippen molar-refractivity contribution in [3.63, 3.8) is 0 Å². The molecule has 1 aromatic heterocycles. The molecule has 0 saturated heterocycles. The summed E-state index contributed by atoms with van der Waals surface area (Å²) in [6.45, 7) is 0. The number of hydrogen-bond donors (Lipinski definition) is 1. The second-order valence-electron chi connectivity index (χ2n) is 4.17. The Morgan fingerprint density at radius 3 is 2.45 bits per heavy atom. The molecule has 1 atom stereocenters. The summed E-state index contributed by atoms with van der Waals surface area (Å²) in [5, 5.41) is 3.06. The van der Waals surface area contributed by atoms with Gasteiger partial charge in [-0.15, -0.1) is 0 Å². The van der Waals surface area contributed by atoms with E-state index >= 15 is 0 Å². The Morgan fingerprint density at radius 2 is 1.80 bits per heavy atom. The Bertz CT molecular complexity index is 590. The van der Waals surface area contributed by atoms with Crippen molar-refractivity contribution in [2.24, 2.45) is 0 Å². The first kappa shape index (κ1) is 14.3. The Balaban J connectivity index is 2.58. The maximum absolute atomic E-state index is 14.2. The van der Waals surface area contributed by atoms with Gasteiger partial charge in [-0.25, -0.2) is 4.39 Å². The van der Waals surface area contributed by atoms with Gasteiger partial charge in [-0.2, -0.15) is 0 Å². The molecule has 0 amide bonds. The lowest BCUT2D eigenvalue weighted by molar-refractivity contribution is 0.387. The maximum Gasteiger partial charge on any atom is 0.142 e. The van der Waals surface area contributed by atoms with Gasteiger partial charge < -0.3 is 14.8 Å². The highest BCUT2D eigenvalue weighted by Gasteiger charge is 2.24. The van der Waals surface area contributed by atoms with Gasteiger partial charge in [0.05, 0.1) is 25.8 Å². The molecule has 1 aromatic carbocycles. The zero-order valence-electron chi connectivity index (χ0n) is 11.7. The molecule has 106 valence electrons. The molecule has 2 aromatic rings. The molecular weight excluding hydrogens is 259 g/mol. The third-order valence-corrected chi connectivity index (χ3v) is 3.10. The Morgan fingerprint density at radius 1 is 1.10 bits per heavy atom. The average molecular weight is 276 g/mol. The van der Waals surface area contributed by atoms with Gasteiger partial charge in [0.2, 0.25) is 0 Å². The van der Waals surface area contributed by atoms with Crippen LogP contribution in [-0.4, -0.2) is 26.3 Å². The van der Waals surface area contributed by atoms with Crippen LogP contribution in [0.4, 0.5) is 4.39 Å². The summed E-state index contributed by atoms with van der Waals surface area (Å²) in [6, 6.07) is 7.84. The predicted molar refractivity (Wildman–Crippen MR) is 74.6 cm³/mol. The van der Waals surface area contributed by atoms with Gasteiger partial charge in [-0.1, -0.05) is 6.07 Å². The highest BCUT2D eigenvalue weighted by Crippen LogP contribution is 2.34. The van der Waals surface area contributed by atoms with Crippen LogP contribution in [0.1, 0.15) is 17.3 Å². The van der Waals surface area contributed by atoms with Gasteiger partial charge >= 0.3 is 0 Å². The van der Waals surface area contributed by atoms with E-state index in [9.17, 15) is 4.39 Å². The number of ether oxygens (including phenoxy) is 2. The molecule has 0 saturated carbocycles. The van der Waals surface area contributed by atoms with Crippen LogP contribution >= 0.6 is 0 Å². The molecule has 0 aliphatic heterocycles. The summed E-state index contributed by atoms with van der Waals surface area (Å²) < 4.78 is 24.8. The molecule has 0 fully saturated rings. The molecule has 0 radical (unpaired) electrons. The van der Waals surface area contributed by atoms with Gasteiger partial charge in [0.1, 0.15) is 23.0 Å². The highest BCUT2D eigenvalue weighted by atomic mass is 19.1. The van der Waals surface area contributed by atoms with Crippen LogP contribution in [0.2, 0.25) is 0 Å². The average Bonchev–Trinajstić information content (AvgIpc) is 2.50. The largest absolute Gasteiger partial charge is 0.496 e. The summed E-state index contributed by atoms with van der Waals surface area (Å²) >= 11 is 0. The van der Waals surface area contributed by atoms with E-state index in [1.165, 1.54) is 13.2 Å². The van der Waals surface area contributed by atoms with Gasteiger partial charge in [-0.3, -0.25) is 4.98 Å². The first-order chi connectivity index (χ1) is 9.72. The maximum atomic E-state index is 14.2. The third kappa shape index (κ3) is 2.58. The van der Waals surface area contributed by atoms with E-state index in [1.54, 1.807) is 44.6 Å². The number of pyridine rings is 1. The number of halogens is 1. The van der Waals surface area contributed by atoms with Gasteiger partial charge in [-0.05, 0) is 31.3 Å². The van der Waals surface area contributed by atoms with E-state index < -0.39 is 6.04 Å². The SMILES string of the molecule is CNC(c1ncccc1OC)c1c(F)cccc1OC. The molecule has 5 heteroatoms. The summed E-state index contributed by atoms with van der Waals surface area (Å²) in [4.78, 5) is 4.30. The van der Waals surface area contributed by atoms with Crippen molar-refractivity contribution in [3.05, 3.63) is 53.6 Å². The summed E-state index contributed by atoms with van der Waals surface area (Å²) in [5.41, 5.74) is 1.02. The number of methoxy groups -OCH3 is 2. The molecular formula is C15H17FN2O2. The molecule has 1 unspecified atom stereocenters. The van der Waals surface area contributed by atoms with Crippen molar-refractivity contribution < 1.29 is 13.9 Å². The molecule has 1 N–H and O–H groups in total. The van der Waals surface area contributed by atoms with E-state index in [0.29, 0.717) is 22.8 Å². The number of benzene rings is 1. The van der Waals surface area contributed by atoms with Crippen LogP contribution in [0.15, 0.2) is 36.5 Å². The van der Waals surface area contributed by atoms with Crippen molar-refractivity contribution >= 4 is 0 Å². The van der Waals surface area contributed by atoms with E-state index in [4.69, 9.17) is 9.47 Å². The zero-order chi connectivity index (χ0) is 14.5. The molecule has 0 bridgehead atoms. The third-order valence-electron chi connectivity index (χ3n) is 3.10. The van der Waals surface area contributed by atoms with Gasteiger partial charge in [0, 0.05) is 6.20 Å². The van der Waals surface area contributed by atoms with Crippen LogP contribution in [-0.2, 0) is 0 Å². The first-order valence-corrected chi connectivity index (χ1v) is 6.21. The summed E-state index contributed by atoms with van der Waals surface area (Å²) in [5.74, 6) is 0.714. The van der Waals surface area contributed by atoms with E-state index in [1.807, 2.05) is 0 Å². The van der Waals surface area contributed by atoms with Crippen molar-refractivity contribution in [2.75, 3.05) is 21.3 Å². The van der Waals surface area contributed by atoms with Crippen molar-refractivity contribution in [1.29, 1.82) is 0 Å². The molecule has 0 aliphatic carbocycles. The number of rotatable bonds is 5. The fraction of sp³-hybridized carbons (Fsp3) is 0.267. The Labute approximate surface area is 117 Å². The highest BCUT2D eigenvalue weighted by molar-refractivity contribution is 5.44. The molecule has 4 nitrogen and oxygen atoms in total. The second kappa shape index (κ2) is 6.34. The van der Waals surface area contributed by atoms with Crippen LogP contribution in [0, 0.1) is 5.82 Å². The molecule has 0 aliphatic rings. The second-order valence-corrected chi connectivity index (χ2v) is 4.17. The van der Waals surface area contributed by atoms with Gasteiger partial charge in [0.15, 0.2) is 0 Å². The van der Waals surface area contributed by atoms with Crippen LogP contribution in [0.25, 0.3) is 0 Å². The fourth-order valence-electron chi connectivity index (χ4n) is 2.19. The lowest BCUT2D eigenvalue weighted by atomic mass is 10.0. The smallest absolute Gasteiger partial charge is 0.142 e. The monoisotopic (exact) mass is 276 g/mol. The Hall–Kier alpha value is -2.14. The first-order valence-electron chi connectivity index (χ1n) is 6.21. The van der Waals surface area contributed by atoms with E-state index in [2.05, 4.69) is 10.3 Å². The minimum atomic E-state index is -0.456. The van der Waals surface area contributed by atoms with Crippen LogP contribution in [0.5, 0.6) is 11.5 Å². The molecule has 2 rings (SSSR count). The number of nitrogens with one attached hydrogen (secondary N) is 1. The molecule has 1 heterocycles.